The van der Waals surface area contributed by atoms with Crippen molar-refractivity contribution in [1.82, 2.24) is 24.9 Å². The van der Waals surface area contributed by atoms with E-state index in [1.807, 2.05) is 6.07 Å². The van der Waals surface area contributed by atoms with Crippen molar-refractivity contribution in [3.8, 4) is 16.9 Å². The van der Waals surface area contributed by atoms with E-state index in [2.05, 4.69) is 25.1 Å². The van der Waals surface area contributed by atoms with E-state index >= 15 is 0 Å². The predicted octanol–water partition coefficient (Wildman–Crippen LogP) is 2.12. The van der Waals surface area contributed by atoms with Gasteiger partial charge in [0.25, 0.3) is 11.8 Å². The number of aromatic nitrogens is 2. The lowest BCUT2D eigenvalue weighted by Crippen LogP contribution is -2.54. The average molecular weight is 647 g/mol. The predicted molar refractivity (Wildman–Crippen MR) is 176 cm³/mol. The molecule has 1 atom stereocenters. The van der Waals surface area contributed by atoms with Crippen molar-refractivity contribution < 1.29 is 32.1 Å². The average Bonchev–Trinajstić information content (AvgIpc) is 3.69. The van der Waals surface area contributed by atoms with E-state index in [-0.39, 0.29) is 35.4 Å². The molecule has 2 aromatic carbocycles. The number of benzene rings is 2. The summed E-state index contributed by atoms with van der Waals surface area (Å²) in [6.45, 7) is 2.85. The van der Waals surface area contributed by atoms with Crippen LogP contribution in [0.15, 0.2) is 42.7 Å². The summed E-state index contributed by atoms with van der Waals surface area (Å²) in [5.74, 6) is -1.66. The Morgan fingerprint density at radius 1 is 0.936 bits per heavy atom. The molecule has 0 spiro atoms. The summed E-state index contributed by atoms with van der Waals surface area (Å²) < 4.78 is 52.0. The first-order valence-corrected chi connectivity index (χ1v) is 15.8. The summed E-state index contributed by atoms with van der Waals surface area (Å²) in [5.41, 5.74) is 9.53. The standard InChI is InChI=1S/C34H40N8O5/c1-38-20-22(18-36-38)25-16-27(35)30(47-2)17-29(25)41-9-7-21(8-10-41)19-39-11-13-40(14-12-39)23-3-4-24-26(15-23)34(46)42(33(24)45)28-5-6-31(43)37-32(28)44/h3-4,15-18,20-21,28H,5-14,19,35H2,1-2H3,(H,37,43,44)/i1D3,2D3. The third-order valence-electron chi connectivity index (χ3n) is 9.76. The molecular formula is C34H40N8O5. The van der Waals surface area contributed by atoms with Crippen molar-refractivity contribution in [3.63, 3.8) is 0 Å². The molecule has 0 aliphatic carbocycles. The normalized spacial score (nSPS) is 23.4. The lowest BCUT2D eigenvalue weighted by Gasteiger charge is -2.40. The molecule has 13 heteroatoms. The van der Waals surface area contributed by atoms with Gasteiger partial charge in [0.2, 0.25) is 11.8 Å². The van der Waals surface area contributed by atoms with Gasteiger partial charge in [-0.15, -0.1) is 0 Å². The van der Waals surface area contributed by atoms with E-state index in [0.717, 1.165) is 60.8 Å². The Balaban J connectivity index is 0.972. The molecule has 5 heterocycles. The van der Waals surface area contributed by atoms with Crippen LogP contribution in [0.5, 0.6) is 5.75 Å². The van der Waals surface area contributed by atoms with E-state index in [9.17, 15) is 19.2 Å². The van der Waals surface area contributed by atoms with E-state index in [1.165, 1.54) is 12.4 Å². The topological polar surface area (TPSA) is 146 Å². The highest BCUT2D eigenvalue weighted by Crippen LogP contribution is 2.39. The number of fused-ring (bicyclic) bond motifs is 1. The number of nitrogens with two attached hydrogens (primary N) is 1. The van der Waals surface area contributed by atoms with Crippen LogP contribution in [0, 0.1) is 5.92 Å². The fourth-order valence-electron chi connectivity index (χ4n) is 7.19. The van der Waals surface area contributed by atoms with Gasteiger partial charge in [-0.2, -0.15) is 5.10 Å². The number of aryl methyl sites for hydroxylation is 1. The summed E-state index contributed by atoms with van der Waals surface area (Å²) in [5, 5.41) is 6.24. The maximum atomic E-state index is 13.3. The Bertz CT molecular complexity index is 1950. The lowest BCUT2D eigenvalue weighted by molar-refractivity contribution is -0.136. The van der Waals surface area contributed by atoms with Crippen LogP contribution in [-0.4, -0.2) is 102 Å². The number of amides is 4. The van der Waals surface area contributed by atoms with Gasteiger partial charge in [0.15, 0.2) is 0 Å². The molecule has 4 amide bonds. The zero-order chi connectivity index (χ0) is 37.8. The van der Waals surface area contributed by atoms with Crippen LogP contribution in [0.1, 0.15) is 54.6 Å². The lowest BCUT2D eigenvalue weighted by atomic mass is 9.94. The molecule has 3 aromatic rings. The Hall–Kier alpha value is -4.91. The zero-order valence-electron chi connectivity index (χ0n) is 31.8. The van der Waals surface area contributed by atoms with E-state index in [1.54, 1.807) is 24.3 Å². The Labute approximate surface area is 281 Å². The number of methoxy groups -OCH3 is 1. The molecule has 13 nitrogen and oxygen atoms in total. The number of carbonyl (C=O) groups excluding carboxylic acids is 4. The van der Waals surface area contributed by atoms with Crippen molar-refractivity contribution in [2.24, 2.45) is 12.9 Å². The molecule has 4 aliphatic rings. The van der Waals surface area contributed by atoms with E-state index < -0.39 is 43.7 Å². The van der Waals surface area contributed by atoms with E-state index in [4.69, 9.17) is 18.7 Å². The number of carbonyl (C=O) groups is 4. The highest BCUT2D eigenvalue weighted by Gasteiger charge is 2.44. The maximum absolute atomic E-state index is 13.3. The van der Waals surface area contributed by atoms with Crippen LogP contribution >= 0.6 is 0 Å². The molecule has 7 rings (SSSR count). The van der Waals surface area contributed by atoms with Crippen molar-refractivity contribution in [2.75, 3.05) is 68.4 Å². The summed E-state index contributed by atoms with van der Waals surface area (Å²) in [7, 11) is -2.70. The minimum Gasteiger partial charge on any atom is -0.495 e. The third-order valence-corrected chi connectivity index (χ3v) is 9.76. The van der Waals surface area contributed by atoms with Crippen LogP contribution in [-0.2, 0) is 16.6 Å². The van der Waals surface area contributed by atoms with Crippen molar-refractivity contribution in [1.29, 1.82) is 0 Å². The molecule has 3 fully saturated rings. The van der Waals surface area contributed by atoms with Gasteiger partial charge in [-0.1, -0.05) is 0 Å². The van der Waals surface area contributed by atoms with Crippen molar-refractivity contribution in [2.45, 2.75) is 31.7 Å². The summed E-state index contributed by atoms with van der Waals surface area (Å²) in [6.07, 6.45) is 4.80. The SMILES string of the molecule is [2H]C([2H])([2H])Oc1cc(N2CCC(CN3CCN(c4ccc5c(c4)C(=O)N(C4CCC(=O)NC4=O)C5=O)CC3)CC2)c(-c2cnn(C([2H])([2H])[2H])c2)cc1N. The Morgan fingerprint density at radius 2 is 1.72 bits per heavy atom. The van der Waals surface area contributed by atoms with Gasteiger partial charge in [-0.25, -0.2) is 0 Å². The highest BCUT2D eigenvalue weighted by atomic mass is 16.5. The molecular weight excluding hydrogens is 600 g/mol. The van der Waals surface area contributed by atoms with Gasteiger partial charge in [-0.05, 0) is 49.4 Å². The molecule has 0 radical (unpaired) electrons. The Morgan fingerprint density at radius 3 is 2.45 bits per heavy atom. The van der Waals surface area contributed by atoms with E-state index in [0.29, 0.717) is 35.8 Å². The number of imide groups is 2. The number of piperazine rings is 1. The highest BCUT2D eigenvalue weighted by molar-refractivity contribution is 6.23. The molecule has 3 N–H and O–H groups in total. The third kappa shape index (κ3) is 5.79. The second kappa shape index (κ2) is 12.4. The largest absolute Gasteiger partial charge is 0.495 e. The number of nitrogens with one attached hydrogen (secondary N) is 1. The van der Waals surface area contributed by atoms with Gasteiger partial charge in [0.1, 0.15) is 11.8 Å². The first-order valence-electron chi connectivity index (χ1n) is 18.8. The smallest absolute Gasteiger partial charge is 0.262 e. The maximum Gasteiger partial charge on any atom is 0.262 e. The number of hydrogen-bond donors (Lipinski definition) is 2. The second-order valence-electron chi connectivity index (χ2n) is 12.6. The number of rotatable bonds is 7. The molecule has 0 bridgehead atoms. The monoisotopic (exact) mass is 646 g/mol. The number of piperidine rings is 2. The molecule has 1 aromatic heterocycles. The molecule has 1 unspecified atom stereocenters. The van der Waals surface area contributed by atoms with Gasteiger partial charge < -0.3 is 20.3 Å². The summed E-state index contributed by atoms with van der Waals surface area (Å²) in [6, 6.07) is 7.40. The zero-order valence-corrected chi connectivity index (χ0v) is 25.8. The van der Waals surface area contributed by atoms with Gasteiger partial charge in [-0.3, -0.25) is 39.0 Å². The summed E-state index contributed by atoms with van der Waals surface area (Å²) in [4.78, 5) is 58.2. The second-order valence-corrected chi connectivity index (χ2v) is 12.6. The first-order chi connectivity index (χ1) is 25.1. The minimum absolute atomic E-state index is 0.0259. The summed E-state index contributed by atoms with van der Waals surface area (Å²) >= 11 is 0. The first kappa shape index (κ1) is 24.3. The van der Waals surface area contributed by atoms with Gasteiger partial charge >= 0.3 is 0 Å². The Kier molecular flexibility index (Phi) is 6.39. The number of ether oxygens (including phenoxy) is 1. The molecule has 4 aliphatic heterocycles. The van der Waals surface area contributed by atoms with Gasteiger partial charge in [0, 0.05) is 98.1 Å². The molecule has 47 heavy (non-hydrogen) atoms. The molecule has 246 valence electrons. The fourth-order valence-corrected chi connectivity index (χ4v) is 7.19. The fraction of sp³-hybridized carbons (Fsp3) is 0.441. The minimum atomic E-state index is -2.70. The van der Waals surface area contributed by atoms with Crippen molar-refractivity contribution >= 4 is 40.7 Å². The number of anilines is 3. The van der Waals surface area contributed by atoms with Crippen LogP contribution in [0.4, 0.5) is 17.1 Å². The van der Waals surface area contributed by atoms with Crippen LogP contribution < -0.4 is 25.6 Å². The number of nitrogens with zero attached hydrogens (tertiary/aromatic N) is 6. The quantitative estimate of drug-likeness (QED) is 0.289. The van der Waals surface area contributed by atoms with Gasteiger partial charge in [0.05, 0.1) is 34.2 Å². The number of nitrogen functional groups attached to an aromatic ring is 1. The van der Waals surface area contributed by atoms with Crippen LogP contribution in [0.25, 0.3) is 11.1 Å². The molecule has 3 saturated heterocycles. The van der Waals surface area contributed by atoms with Crippen LogP contribution in [0.3, 0.4) is 0 Å². The molecule has 0 saturated carbocycles. The van der Waals surface area contributed by atoms with Crippen molar-refractivity contribution in [3.05, 3.63) is 53.9 Å². The number of hydrogen-bond acceptors (Lipinski definition) is 10. The van der Waals surface area contributed by atoms with Crippen LogP contribution in [0.2, 0.25) is 0 Å².